The minimum Gasteiger partial charge on any atom is -0.461 e. The van der Waals surface area contributed by atoms with Crippen molar-refractivity contribution in [2.45, 2.75) is 110 Å². The van der Waals surface area contributed by atoms with Crippen LogP contribution in [0.1, 0.15) is 73.1 Å². The molecule has 48 heavy (non-hydrogen) atoms. The highest BCUT2D eigenvalue weighted by atomic mass is 16.6. The van der Waals surface area contributed by atoms with Crippen molar-refractivity contribution < 1.29 is 38.1 Å². The van der Waals surface area contributed by atoms with Crippen molar-refractivity contribution in [1.82, 2.24) is 25.2 Å². The smallest absolute Gasteiger partial charge is 0.412 e. The number of carbonyl (C=O) groups excluding carboxylic acids is 4. The van der Waals surface area contributed by atoms with Crippen molar-refractivity contribution >= 4 is 29.6 Å². The first-order valence-corrected chi connectivity index (χ1v) is 16.8. The van der Waals surface area contributed by atoms with Gasteiger partial charge in [-0.2, -0.15) is 0 Å². The van der Waals surface area contributed by atoms with Crippen LogP contribution < -0.4 is 10.6 Å². The van der Waals surface area contributed by atoms with Gasteiger partial charge in [-0.05, 0) is 85.4 Å². The third kappa shape index (κ3) is 10.5. The molecule has 2 aliphatic rings. The van der Waals surface area contributed by atoms with E-state index in [2.05, 4.69) is 20.9 Å². The Hall–Kier alpha value is -4.04. The van der Waals surface area contributed by atoms with Crippen LogP contribution in [-0.4, -0.2) is 101 Å². The van der Waals surface area contributed by atoms with Gasteiger partial charge in [0.05, 0.1) is 18.3 Å². The van der Waals surface area contributed by atoms with E-state index in [1.54, 1.807) is 50.5 Å². The lowest BCUT2D eigenvalue weighted by Crippen LogP contribution is -2.52. The van der Waals surface area contributed by atoms with Gasteiger partial charge in [0.15, 0.2) is 6.10 Å². The molecule has 0 saturated carbocycles. The van der Waals surface area contributed by atoms with E-state index in [9.17, 15) is 19.2 Å². The largest absolute Gasteiger partial charge is 0.461 e. The van der Waals surface area contributed by atoms with E-state index in [4.69, 9.17) is 18.9 Å². The molecule has 1 aromatic heterocycles. The lowest BCUT2D eigenvalue weighted by Gasteiger charge is -2.30. The summed E-state index contributed by atoms with van der Waals surface area (Å²) in [5.41, 5.74) is 1.43. The van der Waals surface area contributed by atoms with E-state index in [0.717, 1.165) is 24.8 Å². The van der Waals surface area contributed by atoms with Crippen molar-refractivity contribution in [3.63, 3.8) is 0 Å². The Morgan fingerprint density at radius 1 is 1.12 bits per heavy atom. The second-order valence-corrected chi connectivity index (χ2v) is 13.5. The minimum atomic E-state index is -0.898. The summed E-state index contributed by atoms with van der Waals surface area (Å²) in [6.07, 6.45) is 3.90. The molecule has 264 valence electrons. The molecule has 4 rings (SSSR count). The number of anilines is 1. The predicted molar refractivity (Wildman–Crippen MR) is 177 cm³/mol. The van der Waals surface area contributed by atoms with Gasteiger partial charge in [-0.3, -0.25) is 24.5 Å². The molecule has 14 heteroatoms. The number of esters is 1. The second-order valence-electron chi connectivity index (χ2n) is 13.5. The maximum atomic E-state index is 13.0. The van der Waals surface area contributed by atoms with Crippen LogP contribution in [-0.2, 0) is 35.1 Å². The zero-order chi connectivity index (χ0) is 34.8. The number of aromatic nitrogens is 3. The fourth-order valence-electron chi connectivity index (χ4n) is 5.93. The zero-order valence-electron chi connectivity index (χ0n) is 28.9. The summed E-state index contributed by atoms with van der Waals surface area (Å²) in [4.78, 5) is 52.3. The number of ether oxygens (including phenoxy) is 4. The van der Waals surface area contributed by atoms with Gasteiger partial charge in [-0.15, -0.1) is 5.10 Å². The van der Waals surface area contributed by atoms with Crippen molar-refractivity contribution in [3.8, 4) is 11.3 Å². The number of amides is 2. The normalized spacial score (nSPS) is 24.6. The number of hydrogen-bond donors (Lipinski definition) is 2. The molecule has 1 aromatic carbocycles. The van der Waals surface area contributed by atoms with E-state index in [-0.39, 0.29) is 37.0 Å². The van der Waals surface area contributed by atoms with Crippen LogP contribution in [0.3, 0.4) is 0 Å². The van der Waals surface area contributed by atoms with E-state index in [0.29, 0.717) is 43.9 Å². The number of nitrogens with zero attached hydrogens (tertiary/aromatic N) is 4. The number of nitrogens with one attached hydrogen (secondary N) is 2. The maximum absolute atomic E-state index is 13.0. The molecule has 5 atom stereocenters. The van der Waals surface area contributed by atoms with Gasteiger partial charge in [0, 0.05) is 43.9 Å². The van der Waals surface area contributed by atoms with Crippen LogP contribution in [0.2, 0.25) is 0 Å². The molecule has 3 heterocycles. The Morgan fingerprint density at radius 3 is 2.65 bits per heavy atom. The first kappa shape index (κ1) is 36.8. The van der Waals surface area contributed by atoms with Gasteiger partial charge in [-0.25, -0.2) is 9.59 Å². The van der Waals surface area contributed by atoms with Crippen molar-refractivity contribution in [1.29, 1.82) is 0 Å². The van der Waals surface area contributed by atoms with Crippen LogP contribution in [0.15, 0.2) is 30.5 Å². The summed E-state index contributed by atoms with van der Waals surface area (Å²) >= 11 is 0. The quantitative estimate of drug-likeness (QED) is 0.175. The van der Waals surface area contributed by atoms with Crippen molar-refractivity contribution in [2.24, 2.45) is 5.92 Å². The van der Waals surface area contributed by atoms with Crippen LogP contribution in [0.4, 0.5) is 15.3 Å². The number of ketones is 1. The molecule has 0 bridgehead atoms. The Bertz CT molecular complexity index is 1410. The van der Waals surface area contributed by atoms with Gasteiger partial charge in [-0.1, -0.05) is 17.3 Å². The van der Waals surface area contributed by atoms with Gasteiger partial charge >= 0.3 is 18.2 Å². The van der Waals surface area contributed by atoms with Crippen LogP contribution in [0.25, 0.3) is 11.3 Å². The van der Waals surface area contributed by atoms with Crippen LogP contribution in [0.5, 0.6) is 0 Å². The molecule has 2 amide bonds. The summed E-state index contributed by atoms with van der Waals surface area (Å²) in [5.74, 6) is -1.70. The van der Waals surface area contributed by atoms with Crippen molar-refractivity contribution in [3.05, 3.63) is 30.5 Å². The second kappa shape index (κ2) is 16.9. The number of carbonyl (C=O) groups is 4. The average molecular weight is 671 g/mol. The first-order chi connectivity index (χ1) is 22.8. The molecule has 2 fully saturated rings. The molecule has 0 aliphatic carbocycles. The fourth-order valence-corrected chi connectivity index (χ4v) is 5.93. The van der Waals surface area contributed by atoms with Gasteiger partial charge in [0.2, 0.25) is 0 Å². The highest BCUT2D eigenvalue weighted by Crippen LogP contribution is 2.25. The Morgan fingerprint density at radius 2 is 1.90 bits per heavy atom. The zero-order valence-corrected chi connectivity index (χ0v) is 28.9. The molecule has 4 unspecified atom stereocenters. The standard InChI is InChI=1S/C34H50N6O8/c1-22-28(41)15-14-26(45-6)13-10-16-35-23(2)30-29(21-46-31(22)42)47-33(44)40(30)18-8-7-17-39-20-27(37-38-39)24-11-9-12-25(19-24)36-32(43)48-34(3,4)5/h9,11-12,19-20,22-23,26,29-30,35H,7-8,10,13-18,21H2,1-6H3,(H,36,43)/t22?,23?,26?,29?,30-/m1/s1. The number of cyclic esters (lactones) is 1. The predicted octanol–water partition coefficient (Wildman–Crippen LogP) is 4.58. The highest BCUT2D eigenvalue weighted by molar-refractivity contribution is 5.98. The van der Waals surface area contributed by atoms with Crippen LogP contribution >= 0.6 is 0 Å². The summed E-state index contributed by atoms with van der Waals surface area (Å²) < 4.78 is 23.9. The number of benzene rings is 1. The lowest BCUT2D eigenvalue weighted by molar-refractivity contribution is -0.154. The summed E-state index contributed by atoms with van der Waals surface area (Å²) in [7, 11) is 1.63. The maximum Gasteiger partial charge on any atom is 0.412 e. The van der Waals surface area contributed by atoms with E-state index < -0.39 is 35.8 Å². The summed E-state index contributed by atoms with van der Waals surface area (Å²) in [6.45, 7) is 10.6. The Kier molecular flexibility index (Phi) is 12.9. The molecule has 2 aliphatic heterocycles. The fraction of sp³-hybridized carbons (Fsp3) is 0.647. The van der Waals surface area contributed by atoms with Crippen molar-refractivity contribution in [2.75, 3.05) is 32.1 Å². The topological polar surface area (TPSA) is 163 Å². The molecular weight excluding hydrogens is 620 g/mol. The molecule has 2 saturated heterocycles. The SMILES string of the molecule is COC1CCCNC(C)[C@@H]2C(COC(=O)C(C)C(=O)CC1)OC(=O)N2CCCCn1cc(-c2cccc(NC(=O)OC(C)(C)C)c2)nn1. The number of hydrogen-bond acceptors (Lipinski definition) is 11. The number of aryl methyl sites for hydroxylation is 1. The minimum absolute atomic E-state index is 0.0764. The first-order valence-electron chi connectivity index (χ1n) is 16.8. The average Bonchev–Trinajstić information content (AvgIpc) is 3.63. The molecule has 0 spiro atoms. The third-order valence-corrected chi connectivity index (χ3v) is 8.56. The van der Waals surface area contributed by atoms with E-state index in [1.807, 2.05) is 31.3 Å². The number of methoxy groups -OCH3 is 1. The number of fused-ring (bicyclic) bond motifs is 1. The summed E-state index contributed by atoms with van der Waals surface area (Å²) in [6, 6.07) is 6.80. The van der Waals surface area contributed by atoms with E-state index in [1.165, 1.54) is 0 Å². The highest BCUT2D eigenvalue weighted by Gasteiger charge is 2.45. The van der Waals surface area contributed by atoms with Gasteiger partial charge < -0.3 is 24.3 Å². The third-order valence-electron chi connectivity index (χ3n) is 8.56. The molecule has 2 N–H and O–H groups in total. The van der Waals surface area contributed by atoms with Gasteiger partial charge in [0.1, 0.15) is 29.6 Å². The number of Topliss-reactive ketones (excluding diaryl/α,β-unsaturated/α-hetero) is 1. The van der Waals surface area contributed by atoms with Crippen LogP contribution in [0, 0.1) is 5.92 Å². The molecule has 2 aromatic rings. The number of unbranched alkanes of at least 4 members (excludes halogenated alkanes) is 1. The molecule has 0 radical (unpaired) electrons. The Balaban J connectivity index is 1.34. The van der Waals surface area contributed by atoms with Gasteiger partial charge in [0.25, 0.3) is 0 Å². The van der Waals surface area contributed by atoms with E-state index >= 15 is 0 Å². The summed E-state index contributed by atoms with van der Waals surface area (Å²) in [5, 5.41) is 14.8. The monoisotopic (exact) mass is 670 g/mol. The molecular formula is C34H50N6O8. The Labute approximate surface area is 282 Å². The lowest BCUT2D eigenvalue weighted by atomic mass is 9.99. The number of rotatable bonds is 8. The molecule has 14 nitrogen and oxygen atoms in total.